The predicted octanol–water partition coefficient (Wildman–Crippen LogP) is 4.28. The van der Waals surface area contributed by atoms with Crippen LogP contribution in [-0.4, -0.2) is 45.2 Å². The molecule has 168 valence electrons. The predicted molar refractivity (Wildman–Crippen MR) is 110 cm³/mol. The van der Waals surface area contributed by atoms with E-state index in [9.17, 15) is 22.8 Å². The minimum Gasteiger partial charge on any atom is -0.481 e. The first-order valence-electron chi connectivity index (χ1n) is 9.73. The molecule has 3 rings (SSSR count). The van der Waals surface area contributed by atoms with E-state index in [4.69, 9.17) is 9.94 Å². The van der Waals surface area contributed by atoms with E-state index in [0.717, 1.165) is 11.3 Å². The van der Waals surface area contributed by atoms with Crippen LogP contribution < -0.4 is 0 Å². The Morgan fingerprint density at radius 3 is 2.75 bits per heavy atom. The minimum atomic E-state index is -4.35. The number of carbonyl (C=O) groups is 2. The molecule has 0 aliphatic rings. The van der Waals surface area contributed by atoms with Crippen molar-refractivity contribution in [1.82, 2.24) is 9.38 Å². The van der Waals surface area contributed by atoms with Crippen LogP contribution in [0.15, 0.2) is 53.9 Å². The Bertz CT molecular complexity index is 1140. The molecule has 0 unspecified atom stereocenters. The third-order valence-electron chi connectivity index (χ3n) is 4.53. The van der Waals surface area contributed by atoms with E-state index in [1.54, 1.807) is 42.7 Å². The lowest BCUT2D eigenvalue weighted by Crippen LogP contribution is -2.12. The van der Waals surface area contributed by atoms with E-state index in [1.165, 1.54) is 6.21 Å². The Balaban J connectivity index is 1.70. The summed E-state index contributed by atoms with van der Waals surface area (Å²) in [5.41, 5.74) is 3.49. The quantitative estimate of drug-likeness (QED) is 0.285. The molecule has 0 aliphatic carbocycles. The van der Waals surface area contributed by atoms with Gasteiger partial charge in [0.1, 0.15) is 18.0 Å². The summed E-state index contributed by atoms with van der Waals surface area (Å²) in [5.74, 6) is -1.44. The molecule has 0 amide bonds. The average Bonchev–Trinajstić information content (AvgIpc) is 3.15. The van der Waals surface area contributed by atoms with Gasteiger partial charge in [0.25, 0.3) is 0 Å². The van der Waals surface area contributed by atoms with Crippen LogP contribution in [0.4, 0.5) is 13.2 Å². The zero-order valence-electron chi connectivity index (χ0n) is 16.9. The van der Waals surface area contributed by atoms with Crippen LogP contribution in [-0.2, 0) is 20.8 Å². The van der Waals surface area contributed by atoms with Crippen molar-refractivity contribution in [3.8, 4) is 11.3 Å². The maximum Gasteiger partial charge on any atom is 0.389 e. The lowest BCUT2D eigenvalue weighted by molar-refractivity contribution is -0.143. The van der Waals surface area contributed by atoms with E-state index >= 15 is 0 Å². The first-order valence-corrected chi connectivity index (χ1v) is 9.73. The second-order valence-corrected chi connectivity index (χ2v) is 7.07. The van der Waals surface area contributed by atoms with Crippen LogP contribution in [0.3, 0.4) is 0 Å². The summed E-state index contributed by atoms with van der Waals surface area (Å²) in [6, 6.07) is 10.6. The third kappa shape index (κ3) is 6.66. The molecule has 0 radical (unpaired) electrons. The minimum absolute atomic E-state index is 0.0311. The standard InChI is InChI=1S/C22H20F3N3O4/c23-22(24,25)7-4-18(29)11-15-2-1-3-17(10-15)19-14-26-20-12-16(5-8-28(19)20)13-27-32-9-6-21(30)31/h1-3,5,8,10,12-14H,4,6-7,9,11H2,(H,30,31)/b27-13+. The van der Waals surface area contributed by atoms with Gasteiger partial charge in [-0.25, -0.2) is 4.98 Å². The second-order valence-electron chi connectivity index (χ2n) is 7.07. The summed E-state index contributed by atoms with van der Waals surface area (Å²) < 4.78 is 38.8. The van der Waals surface area contributed by atoms with Crippen molar-refractivity contribution in [2.45, 2.75) is 31.9 Å². The molecule has 0 bridgehead atoms. The molecule has 7 nitrogen and oxygen atoms in total. The molecule has 10 heteroatoms. The van der Waals surface area contributed by atoms with Gasteiger partial charge < -0.3 is 9.94 Å². The monoisotopic (exact) mass is 447 g/mol. The highest BCUT2D eigenvalue weighted by atomic mass is 19.4. The normalized spacial score (nSPS) is 11.8. The maximum atomic E-state index is 12.3. The number of Topliss-reactive ketones (excluding diaryl/α,β-unsaturated/α-hetero) is 1. The molecular formula is C22H20F3N3O4. The Labute approximate surface area is 181 Å². The van der Waals surface area contributed by atoms with Crippen molar-refractivity contribution in [2.75, 3.05) is 6.61 Å². The molecule has 1 N–H and O–H groups in total. The fraction of sp³-hybridized carbons (Fsp3) is 0.273. The molecule has 3 aromatic rings. The third-order valence-corrected chi connectivity index (χ3v) is 4.53. The number of alkyl halides is 3. The Morgan fingerprint density at radius 2 is 2.00 bits per heavy atom. The van der Waals surface area contributed by atoms with Crippen LogP contribution in [0.2, 0.25) is 0 Å². The van der Waals surface area contributed by atoms with E-state index in [2.05, 4.69) is 10.1 Å². The number of hydrogen-bond donors (Lipinski definition) is 1. The number of imidazole rings is 1. The number of aromatic nitrogens is 2. The number of carboxylic acids is 1. The molecule has 0 saturated heterocycles. The van der Waals surface area contributed by atoms with Crippen molar-refractivity contribution in [1.29, 1.82) is 0 Å². The van der Waals surface area contributed by atoms with Crippen LogP contribution in [0, 0.1) is 0 Å². The van der Waals surface area contributed by atoms with Crippen LogP contribution >= 0.6 is 0 Å². The molecule has 2 heterocycles. The number of pyridine rings is 1. The van der Waals surface area contributed by atoms with Crippen molar-refractivity contribution < 1.29 is 32.7 Å². The van der Waals surface area contributed by atoms with Gasteiger partial charge in [-0.3, -0.25) is 14.0 Å². The summed E-state index contributed by atoms with van der Waals surface area (Å²) in [6.45, 7) is -0.0311. The van der Waals surface area contributed by atoms with E-state index in [-0.39, 0.29) is 19.4 Å². The number of carbonyl (C=O) groups excluding carboxylic acids is 1. The lowest BCUT2D eigenvalue weighted by Gasteiger charge is -2.07. The van der Waals surface area contributed by atoms with Gasteiger partial charge in [-0.15, -0.1) is 0 Å². The molecule has 0 fully saturated rings. The van der Waals surface area contributed by atoms with Gasteiger partial charge in [0, 0.05) is 30.2 Å². The molecule has 0 atom stereocenters. The van der Waals surface area contributed by atoms with Gasteiger partial charge in [-0.1, -0.05) is 23.4 Å². The summed E-state index contributed by atoms with van der Waals surface area (Å²) in [4.78, 5) is 31.6. The number of carboxylic acid groups (broad SMARTS) is 1. The van der Waals surface area contributed by atoms with Crippen molar-refractivity contribution in [3.05, 3.63) is 59.9 Å². The first kappa shape index (κ1) is 23.0. The number of benzene rings is 1. The highest BCUT2D eigenvalue weighted by molar-refractivity contribution is 5.82. The summed E-state index contributed by atoms with van der Waals surface area (Å²) in [6.07, 6.45) is -1.33. The number of oxime groups is 1. The number of rotatable bonds is 10. The van der Waals surface area contributed by atoms with E-state index < -0.39 is 30.8 Å². The van der Waals surface area contributed by atoms with Gasteiger partial charge in [0.05, 0.1) is 30.9 Å². The number of nitrogens with zero attached hydrogens (tertiary/aromatic N) is 3. The van der Waals surface area contributed by atoms with Crippen LogP contribution in [0.5, 0.6) is 0 Å². The Kier molecular flexibility index (Phi) is 7.24. The highest BCUT2D eigenvalue weighted by Crippen LogP contribution is 2.24. The molecule has 0 aliphatic heterocycles. The highest BCUT2D eigenvalue weighted by Gasteiger charge is 2.27. The smallest absolute Gasteiger partial charge is 0.389 e. The van der Waals surface area contributed by atoms with Gasteiger partial charge >= 0.3 is 12.1 Å². The average molecular weight is 447 g/mol. The van der Waals surface area contributed by atoms with Gasteiger partial charge in [-0.05, 0) is 23.8 Å². The van der Waals surface area contributed by atoms with Crippen molar-refractivity contribution >= 4 is 23.6 Å². The number of aliphatic carboxylic acids is 1. The van der Waals surface area contributed by atoms with Crippen molar-refractivity contribution in [3.63, 3.8) is 0 Å². The summed E-state index contributed by atoms with van der Waals surface area (Å²) >= 11 is 0. The van der Waals surface area contributed by atoms with Gasteiger partial charge in [0.2, 0.25) is 0 Å². The topological polar surface area (TPSA) is 93.3 Å². The fourth-order valence-corrected chi connectivity index (χ4v) is 3.01. The van der Waals surface area contributed by atoms with Gasteiger partial charge in [0.15, 0.2) is 0 Å². The molecule has 0 spiro atoms. The van der Waals surface area contributed by atoms with Gasteiger partial charge in [-0.2, -0.15) is 13.2 Å². The second kappa shape index (κ2) is 10.1. The molecule has 0 saturated carbocycles. The molecular weight excluding hydrogens is 427 g/mol. The largest absolute Gasteiger partial charge is 0.481 e. The maximum absolute atomic E-state index is 12.3. The number of halogens is 3. The number of fused-ring (bicyclic) bond motifs is 1. The summed E-state index contributed by atoms with van der Waals surface area (Å²) in [7, 11) is 0. The number of hydrogen-bond acceptors (Lipinski definition) is 5. The SMILES string of the molecule is O=C(O)CCO/N=C/c1ccn2c(-c3cccc(CC(=O)CCC(F)(F)F)c3)cnc2c1. The molecule has 2 aromatic heterocycles. The first-order chi connectivity index (χ1) is 15.2. The fourth-order valence-electron chi connectivity index (χ4n) is 3.01. The van der Waals surface area contributed by atoms with Crippen LogP contribution in [0.1, 0.15) is 30.4 Å². The molecule has 1 aromatic carbocycles. The Morgan fingerprint density at radius 1 is 1.19 bits per heavy atom. The molecule has 32 heavy (non-hydrogen) atoms. The lowest BCUT2D eigenvalue weighted by atomic mass is 10.0. The van der Waals surface area contributed by atoms with E-state index in [0.29, 0.717) is 16.8 Å². The zero-order chi connectivity index (χ0) is 23.1. The van der Waals surface area contributed by atoms with Crippen LogP contribution in [0.25, 0.3) is 16.9 Å². The van der Waals surface area contributed by atoms with Crippen molar-refractivity contribution in [2.24, 2.45) is 5.16 Å². The number of ketones is 1. The van der Waals surface area contributed by atoms with E-state index in [1.807, 2.05) is 10.5 Å². The Hall–Kier alpha value is -3.69. The zero-order valence-corrected chi connectivity index (χ0v) is 16.9. The summed E-state index contributed by atoms with van der Waals surface area (Å²) in [5, 5.41) is 12.3.